The van der Waals surface area contributed by atoms with Crippen LogP contribution in [-0.2, 0) is 4.79 Å². The number of halogens is 1. The van der Waals surface area contributed by atoms with Crippen LogP contribution in [0.2, 0.25) is 0 Å². The van der Waals surface area contributed by atoms with Gasteiger partial charge in [-0.1, -0.05) is 0 Å². The molecule has 0 amide bonds. The Hall–Kier alpha value is -1.62. The Kier molecular flexibility index (Phi) is 4.95. The van der Waals surface area contributed by atoms with Crippen molar-refractivity contribution in [1.29, 1.82) is 0 Å². The number of piperidine rings is 1. The second kappa shape index (κ2) is 6.70. The molecule has 110 valence electrons. The van der Waals surface area contributed by atoms with E-state index in [-0.39, 0.29) is 12.2 Å². The summed E-state index contributed by atoms with van der Waals surface area (Å²) in [6.45, 7) is 2.44. The summed E-state index contributed by atoms with van der Waals surface area (Å²) >= 11 is 0. The van der Waals surface area contributed by atoms with E-state index in [4.69, 9.17) is 5.11 Å². The minimum Gasteiger partial charge on any atom is -0.481 e. The molecule has 0 bridgehead atoms. The molecule has 1 N–H and O–H groups in total. The summed E-state index contributed by atoms with van der Waals surface area (Å²) in [4.78, 5) is 15.0. The Morgan fingerprint density at radius 1 is 1.35 bits per heavy atom. The first-order chi connectivity index (χ1) is 9.56. The van der Waals surface area contributed by atoms with Gasteiger partial charge in [0.05, 0.1) is 6.42 Å². The Morgan fingerprint density at radius 2 is 1.95 bits per heavy atom. The second-order valence-electron chi connectivity index (χ2n) is 5.32. The van der Waals surface area contributed by atoms with E-state index in [1.54, 1.807) is 0 Å². The number of hydrogen-bond acceptors (Lipinski definition) is 3. The van der Waals surface area contributed by atoms with Gasteiger partial charge in [0.1, 0.15) is 5.82 Å². The van der Waals surface area contributed by atoms with Gasteiger partial charge in [-0.15, -0.1) is 0 Å². The molecule has 0 atom stereocenters. The van der Waals surface area contributed by atoms with Crippen LogP contribution in [0.15, 0.2) is 24.3 Å². The van der Waals surface area contributed by atoms with E-state index in [2.05, 4.69) is 9.80 Å². The highest BCUT2D eigenvalue weighted by atomic mass is 19.1. The van der Waals surface area contributed by atoms with Crippen molar-refractivity contribution in [2.75, 3.05) is 31.6 Å². The normalized spacial score (nSPS) is 16.6. The highest BCUT2D eigenvalue weighted by molar-refractivity contribution is 5.66. The lowest BCUT2D eigenvalue weighted by Gasteiger charge is -2.37. The molecule has 4 nitrogen and oxygen atoms in total. The summed E-state index contributed by atoms with van der Waals surface area (Å²) in [5, 5.41) is 8.71. The zero-order valence-electron chi connectivity index (χ0n) is 11.8. The Bertz CT molecular complexity index is 442. The van der Waals surface area contributed by atoms with E-state index in [1.165, 1.54) is 12.1 Å². The van der Waals surface area contributed by atoms with Crippen molar-refractivity contribution >= 4 is 11.7 Å². The molecule has 1 fully saturated rings. The maximum absolute atomic E-state index is 12.9. The predicted molar refractivity (Wildman–Crippen MR) is 76.5 cm³/mol. The maximum Gasteiger partial charge on any atom is 0.304 e. The van der Waals surface area contributed by atoms with Gasteiger partial charge in [-0.3, -0.25) is 4.79 Å². The topological polar surface area (TPSA) is 43.8 Å². The van der Waals surface area contributed by atoms with Crippen molar-refractivity contribution in [3.8, 4) is 0 Å². The number of rotatable bonds is 5. The number of anilines is 1. The minimum atomic E-state index is -0.749. The zero-order valence-corrected chi connectivity index (χ0v) is 11.8. The molecule has 0 radical (unpaired) electrons. The zero-order chi connectivity index (χ0) is 14.5. The van der Waals surface area contributed by atoms with Crippen LogP contribution in [-0.4, -0.2) is 48.7 Å². The quantitative estimate of drug-likeness (QED) is 0.898. The van der Waals surface area contributed by atoms with E-state index >= 15 is 0 Å². The molecule has 1 heterocycles. The van der Waals surface area contributed by atoms with E-state index in [9.17, 15) is 9.18 Å². The van der Waals surface area contributed by atoms with Crippen molar-refractivity contribution < 1.29 is 14.3 Å². The van der Waals surface area contributed by atoms with Gasteiger partial charge < -0.3 is 14.9 Å². The molecular formula is C15H21FN2O2. The SMILES string of the molecule is CN(CCC(=O)O)C1CCN(c2ccc(F)cc2)CC1. The second-order valence-corrected chi connectivity index (χ2v) is 5.32. The summed E-state index contributed by atoms with van der Waals surface area (Å²) in [5.74, 6) is -0.961. The average molecular weight is 280 g/mol. The summed E-state index contributed by atoms with van der Waals surface area (Å²) < 4.78 is 12.9. The van der Waals surface area contributed by atoms with Crippen LogP contribution in [0.25, 0.3) is 0 Å². The lowest BCUT2D eigenvalue weighted by molar-refractivity contribution is -0.137. The number of hydrogen-bond donors (Lipinski definition) is 1. The molecule has 2 rings (SSSR count). The van der Waals surface area contributed by atoms with Gasteiger partial charge in [0.2, 0.25) is 0 Å². The number of benzene rings is 1. The van der Waals surface area contributed by atoms with Gasteiger partial charge in [-0.05, 0) is 44.2 Å². The first kappa shape index (κ1) is 14.8. The fourth-order valence-electron chi connectivity index (χ4n) is 2.67. The number of carboxylic acids is 1. The monoisotopic (exact) mass is 280 g/mol. The molecule has 1 saturated heterocycles. The summed E-state index contributed by atoms with van der Waals surface area (Å²) in [6.07, 6.45) is 2.20. The first-order valence-corrected chi connectivity index (χ1v) is 6.99. The molecule has 0 unspecified atom stereocenters. The number of carboxylic acid groups (broad SMARTS) is 1. The van der Waals surface area contributed by atoms with Crippen molar-refractivity contribution in [2.24, 2.45) is 0 Å². The van der Waals surface area contributed by atoms with Crippen molar-refractivity contribution in [1.82, 2.24) is 4.90 Å². The fourth-order valence-corrected chi connectivity index (χ4v) is 2.67. The predicted octanol–water partition coefficient (Wildman–Crippen LogP) is 2.20. The molecule has 0 spiro atoms. The van der Waals surface area contributed by atoms with E-state index in [0.29, 0.717) is 12.6 Å². The number of nitrogens with zero attached hydrogens (tertiary/aromatic N) is 2. The van der Waals surface area contributed by atoms with Gasteiger partial charge >= 0.3 is 5.97 Å². The molecule has 0 saturated carbocycles. The highest BCUT2D eigenvalue weighted by Gasteiger charge is 2.22. The molecule has 0 aromatic heterocycles. The standard InChI is InChI=1S/C15H21FN2O2/c1-17(9-8-15(19)20)13-6-10-18(11-7-13)14-4-2-12(16)3-5-14/h2-5,13H,6-11H2,1H3,(H,19,20). The Labute approximate surface area is 118 Å². The lowest BCUT2D eigenvalue weighted by atomic mass is 10.0. The first-order valence-electron chi connectivity index (χ1n) is 6.99. The summed E-state index contributed by atoms with van der Waals surface area (Å²) in [5.41, 5.74) is 1.05. The van der Waals surface area contributed by atoms with Gasteiger partial charge in [0, 0.05) is 31.4 Å². The van der Waals surface area contributed by atoms with Gasteiger partial charge in [-0.2, -0.15) is 0 Å². The van der Waals surface area contributed by atoms with Crippen LogP contribution in [0.5, 0.6) is 0 Å². The molecule has 1 aliphatic rings. The van der Waals surface area contributed by atoms with Crippen LogP contribution in [0.1, 0.15) is 19.3 Å². The van der Waals surface area contributed by atoms with Gasteiger partial charge in [0.25, 0.3) is 0 Å². The van der Waals surface area contributed by atoms with Crippen LogP contribution in [0, 0.1) is 5.82 Å². The number of carbonyl (C=O) groups is 1. The van der Waals surface area contributed by atoms with Crippen LogP contribution in [0.4, 0.5) is 10.1 Å². The van der Waals surface area contributed by atoms with Crippen LogP contribution < -0.4 is 4.90 Å². The van der Waals surface area contributed by atoms with E-state index in [1.807, 2.05) is 19.2 Å². The Morgan fingerprint density at radius 3 is 2.50 bits per heavy atom. The molecule has 0 aliphatic carbocycles. The third-order valence-corrected chi connectivity index (χ3v) is 3.96. The lowest BCUT2D eigenvalue weighted by Crippen LogP contribution is -2.44. The van der Waals surface area contributed by atoms with Gasteiger partial charge in [-0.25, -0.2) is 4.39 Å². The van der Waals surface area contributed by atoms with Crippen LogP contribution in [0.3, 0.4) is 0 Å². The number of aliphatic carboxylic acids is 1. The summed E-state index contributed by atoms with van der Waals surface area (Å²) in [7, 11) is 1.99. The average Bonchev–Trinajstić information content (AvgIpc) is 2.46. The van der Waals surface area contributed by atoms with Crippen molar-refractivity contribution in [3.63, 3.8) is 0 Å². The fraction of sp³-hybridized carbons (Fsp3) is 0.533. The molecule has 20 heavy (non-hydrogen) atoms. The van der Waals surface area contributed by atoms with E-state index in [0.717, 1.165) is 31.6 Å². The van der Waals surface area contributed by atoms with E-state index < -0.39 is 5.97 Å². The minimum absolute atomic E-state index is 0.189. The third-order valence-electron chi connectivity index (χ3n) is 3.96. The molecule has 1 aromatic carbocycles. The largest absolute Gasteiger partial charge is 0.481 e. The smallest absolute Gasteiger partial charge is 0.304 e. The third kappa shape index (κ3) is 3.93. The van der Waals surface area contributed by atoms with Crippen molar-refractivity contribution in [2.45, 2.75) is 25.3 Å². The Balaban J connectivity index is 1.82. The molecular weight excluding hydrogens is 259 g/mol. The highest BCUT2D eigenvalue weighted by Crippen LogP contribution is 2.22. The maximum atomic E-state index is 12.9. The van der Waals surface area contributed by atoms with Crippen LogP contribution >= 0.6 is 0 Å². The molecule has 5 heteroatoms. The van der Waals surface area contributed by atoms with Crippen molar-refractivity contribution in [3.05, 3.63) is 30.1 Å². The van der Waals surface area contributed by atoms with Gasteiger partial charge in [0.15, 0.2) is 0 Å². The summed E-state index contributed by atoms with van der Waals surface area (Å²) in [6, 6.07) is 7.03. The molecule has 1 aliphatic heterocycles. The molecule has 1 aromatic rings.